The molecule has 1 aromatic carbocycles. The lowest BCUT2D eigenvalue weighted by atomic mass is 10.1. The number of halogens is 3. The first-order valence-electron chi connectivity index (χ1n) is 5.88. The van der Waals surface area contributed by atoms with Gasteiger partial charge in [-0.15, -0.1) is 0 Å². The van der Waals surface area contributed by atoms with E-state index in [4.69, 9.17) is 5.73 Å². The fraction of sp³-hybridized carbons (Fsp3) is 0.333. The van der Waals surface area contributed by atoms with Gasteiger partial charge in [-0.25, -0.2) is 13.2 Å². The van der Waals surface area contributed by atoms with Crippen molar-refractivity contribution in [2.75, 3.05) is 19.6 Å². The summed E-state index contributed by atoms with van der Waals surface area (Å²) in [6, 6.07) is 0.548. The molecular weight excluding hydrogens is 275 g/mol. The van der Waals surface area contributed by atoms with Gasteiger partial charge in [0.05, 0.1) is 5.56 Å². The largest absolute Gasteiger partial charge is 0.368 e. The van der Waals surface area contributed by atoms with E-state index in [-0.39, 0.29) is 13.1 Å². The highest BCUT2D eigenvalue weighted by molar-refractivity contribution is 5.97. The van der Waals surface area contributed by atoms with E-state index in [0.717, 1.165) is 11.0 Å². The van der Waals surface area contributed by atoms with E-state index in [2.05, 4.69) is 5.32 Å². The molecule has 0 bridgehead atoms. The number of primary amides is 1. The minimum absolute atomic E-state index is 0.116. The lowest BCUT2D eigenvalue weighted by molar-refractivity contribution is -0.122. The zero-order chi connectivity index (χ0) is 14.9. The number of piperazine rings is 1. The van der Waals surface area contributed by atoms with Crippen molar-refractivity contribution in [3.05, 3.63) is 35.1 Å². The predicted octanol–water partition coefficient (Wildman–Crippen LogP) is 0.00320. The lowest BCUT2D eigenvalue weighted by Gasteiger charge is -2.34. The van der Waals surface area contributed by atoms with Crippen molar-refractivity contribution in [1.29, 1.82) is 0 Å². The number of hydrogen-bond acceptors (Lipinski definition) is 3. The third-order valence-electron chi connectivity index (χ3n) is 3.10. The van der Waals surface area contributed by atoms with Gasteiger partial charge in [0, 0.05) is 19.6 Å². The molecule has 2 rings (SSSR count). The monoisotopic (exact) mass is 287 g/mol. The minimum atomic E-state index is -1.72. The summed E-state index contributed by atoms with van der Waals surface area (Å²) in [6.45, 7) is 0.637. The van der Waals surface area contributed by atoms with E-state index in [1.54, 1.807) is 0 Å². The molecule has 0 aromatic heterocycles. The quantitative estimate of drug-likeness (QED) is 0.752. The standard InChI is InChI=1S/C12H12F3N3O2/c13-7-2-1-6(9(14)10(7)15)12(20)18-4-3-17-5-8(18)11(16)19/h1-2,8,17H,3-5H2,(H2,16,19). The zero-order valence-electron chi connectivity index (χ0n) is 10.3. The molecule has 5 nitrogen and oxygen atoms in total. The van der Waals surface area contributed by atoms with Gasteiger partial charge in [-0.1, -0.05) is 0 Å². The van der Waals surface area contributed by atoms with Crippen LogP contribution < -0.4 is 11.1 Å². The second kappa shape index (κ2) is 5.49. The number of rotatable bonds is 2. The molecule has 1 heterocycles. The zero-order valence-corrected chi connectivity index (χ0v) is 10.3. The van der Waals surface area contributed by atoms with Crippen LogP contribution in [-0.4, -0.2) is 42.4 Å². The van der Waals surface area contributed by atoms with Crippen LogP contribution >= 0.6 is 0 Å². The van der Waals surface area contributed by atoms with Gasteiger partial charge in [-0.3, -0.25) is 9.59 Å². The van der Waals surface area contributed by atoms with Gasteiger partial charge in [0.15, 0.2) is 17.5 Å². The van der Waals surface area contributed by atoms with Crippen LogP contribution in [0.25, 0.3) is 0 Å². The first-order chi connectivity index (χ1) is 9.43. The molecule has 0 aliphatic carbocycles. The van der Waals surface area contributed by atoms with Crippen molar-refractivity contribution < 1.29 is 22.8 Å². The molecule has 0 saturated carbocycles. The number of carbonyl (C=O) groups excluding carboxylic acids is 2. The molecule has 0 spiro atoms. The Balaban J connectivity index is 2.35. The molecule has 108 valence electrons. The molecule has 1 unspecified atom stereocenters. The molecule has 20 heavy (non-hydrogen) atoms. The number of nitrogens with two attached hydrogens (primary N) is 1. The van der Waals surface area contributed by atoms with Crippen LogP contribution in [0.3, 0.4) is 0 Å². The summed E-state index contributed by atoms with van der Waals surface area (Å²) in [4.78, 5) is 24.5. The normalized spacial score (nSPS) is 18.9. The first-order valence-corrected chi connectivity index (χ1v) is 5.88. The van der Waals surface area contributed by atoms with E-state index < -0.39 is 40.9 Å². The Morgan fingerprint density at radius 1 is 1.25 bits per heavy atom. The molecule has 1 aromatic rings. The fourth-order valence-electron chi connectivity index (χ4n) is 2.05. The van der Waals surface area contributed by atoms with Gasteiger partial charge in [0.25, 0.3) is 5.91 Å². The van der Waals surface area contributed by atoms with Crippen LogP contribution in [0.2, 0.25) is 0 Å². The van der Waals surface area contributed by atoms with Crippen LogP contribution in [0, 0.1) is 17.5 Å². The van der Waals surface area contributed by atoms with E-state index in [9.17, 15) is 22.8 Å². The lowest BCUT2D eigenvalue weighted by Crippen LogP contribution is -2.58. The van der Waals surface area contributed by atoms with Crippen LogP contribution in [0.5, 0.6) is 0 Å². The molecule has 2 amide bonds. The Bertz CT molecular complexity index is 565. The second-order valence-corrected chi connectivity index (χ2v) is 4.34. The number of carbonyl (C=O) groups is 2. The topological polar surface area (TPSA) is 75.4 Å². The highest BCUT2D eigenvalue weighted by atomic mass is 19.2. The summed E-state index contributed by atoms with van der Waals surface area (Å²) in [5.74, 6) is -6.33. The Hall–Kier alpha value is -2.09. The van der Waals surface area contributed by atoms with E-state index >= 15 is 0 Å². The van der Waals surface area contributed by atoms with Gasteiger partial charge in [-0.2, -0.15) is 0 Å². The number of nitrogens with one attached hydrogen (secondary N) is 1. The van der Waals surface area contributed by atoms with Crippen molar-refractivity contribution >= 4 is 11.8 Å². The average Bonchev–Trinajstić information content (AvgIpc) is 2.44. The molecule has 1 aliphatic rings. The first kappa shape index (κ1) is 14.3. The molecule has 1 saturated heterocycles. The van der Waals surface area contributed by atoms with E-state index in [0.29, 0.717) is 12.6 Å². The van der Waals surface area contributed by atoms with Crippen molar-refractivity contribution in [1.82, 2.24) is 10.2 Å². The molecule has 1 aliphatic heterocycles. The molecule has 0 radical (unpaired) electrons. The average molecular weight is 287 g/mol. The molecule has 1 fully saturated rings. The van der Waals surface area contributed by atoms with Gasteiger partial charge < -0.3 is 16.0 Å². The summed E-state index contributed by atoms with van der Waals surface area (Å²) in [5, 5.41) is 2.87. The van der Waals surface area contributed by atoms with Gasteiger partial charge in [-0.05, 0) is 12.1 Å². The smallest absolute Gasteiger partial charge is 0.257 e. The fourth-order valence-corrected chi connectivity index (χ4v) is 2.05. The van der Waals surface area contributed by atoms with Crippen molar-refractivity contribution in [2.24, 2.45) is 5.73 Å². The summed E-state index contributed by atoms with van der Waals surface area (Å²) in [5.41, 5.74) is 4.54. The Labute approximate surface area is 112 Å². The molecule has 3 N–H and O–H groups in total. The maximum Gasteiger partial charge on any atom is 0.257 e. The number of amides is 2. The summed E-state index contributed by atoms with van der Waals surface area (Å²) >= 11 is 0. The van der Waals surface area contributed by atoms with E-state index in [1.807, 2.05) is 0 Å². The summed E-state index contributed by atoms with van der Waals surface area (Å²) in [7, 11) is 0. The van der Waals surface area contributed by atoms with Crippen molar-refractivity contribution in [2.45, 2.75) is 6.04 Å². The maximum absolute atomic E-state index is 13.6. The van der Waals surface area contributed by atoms with Gasteiger partial charge in [0.2, 0.25) is 5.91 Å². The van der Waals surface area contributed by atoms with Crippen molar-refractivity contribution in [3.8, 4) is 0 Å². The number of nitrogens with zero attached hydrogens (tertiary/aromatic N) is 1. The SMILES string of the molecule is NC(=O)C1CNCCN1C(=O)c1ccc(F)c(F)c1F. The van der Waals surface area contributed by atoms with Crippen molar-refractivity contribution in [3.63, 3.8) is 0 Å². The highest BCUT2D eigenvalue weighted by Crippen LogP contribution is 2.18. The Morgan fingerprint density at radius 3 is 2.60 bits per heavy atom. The third-order valence-corrected chi connectivity index (χ3v) is 3.10. The molecule has 8 heteroatoms. The summed E-state index contributed by atoms with van der Waals surface area (Å²) in [6.07, 6.45) is 0. The van der Waals surface area contributed by atoms with E-state index in [1.165, 1.54) is 0 Å². The highest BCUT2D eigenvalue weighted by Gasteiger charge is 2.33. The van der Waals surface area contributed by atoms with Crippen LogP contribution in [0.1, 0.15) is 10.4 Å². The van der Waals surface area contributed by atoms with Crippen LogP contribution in [-0.2, 0) is 4.79 Å². The molecular formula is C12H12F3N3O2. The van der Waals surface area contributed by atoms with Crippen LogP contribution in [0.15, 0.2) is 12.1 Å². The summed E-state index contributed by atoms with van der Waals surface area (Å²) < 4.78 is 39.6. The third kappa shape index (κ3) is 2.46. The molecule has 1 atom stereocenters. The van der Waals surface area contributed by atoms with Gasteiger partial charge >= 0.3 is 0 Å². The Kier molecular flexibility index (Phi) is 3.93. The van der Waals surface area contributed by atoms with Crippen LogP contribution in [0.4, 0.5) is 13.2 Å². The second-order valence-electron chi connectivity index (χ2n) is 4.34. The Morgan fingerprint density at radius 2 is 1.95 bits per heavy atom. The maximum atomic E-state index is 13.6. The number of benzene rings is 1. The number of hydrogen-bond donors (Lipinski definition) is 2. The minimum Gasteiger partial charge on any atom is -0.368 e. The predicted molar refractivity (Wildman–Crippen MR) is 63.2 cm³/mol. The van der Waals surface area contributed by atoms with Gasteiger partial charge in [0.1, 0.15) is 6.04 Å².